The minimum Gasteiger partial charge on any atom is -0.357 e. The average Bonchev–Trinajstić information content (AvgIpc) is 3.06. The highest BCUT2D eigenvalue weighted by atomic mass is 16.2. The normalized spacial score (nSPS) is 17.8. The highest BCUT2D eigenvalue weighted by Crippen LogP contribution is 2.15. The van der Waals surface area contributed by atoms with Crippen LogP contribution in [0.4, 0.5) is 0 Å². The number of nitrogens with zero attached hydrogens (tertiary/aromatic N) is 3. The van der Waals surface area contributed by atoms with Gasteiger partial charge in [0.15, 0.2) is 5.96 Å². The molecule has 2 aliphatic heterocycles. The third-order valence-electron chi connectivity index (χ3n) is 5.90. The molecule has 7 heteroatoms. The second kappa shape index (κ2) is 12.3. The summed E-state index contributed by atoms with van der Waals surface area (Å²) in [6.07, 6.45) is 6.58. The first-order valence-electron chi connectivity index (χ1n) is 11.8. The van der Waals surface area contributed by atoms with Crippen molar-refractivity contribution in [1.29, 1.82) is 0 Å². The maximum absolute atomic E-state index is 12.1. The molecule has 0 spiro atoms. The van der Waals surface area contributed by atoms with Crippen LogP contribution in [0.2, 0.25) is 0 Å². The number of benzene rings is 1. The Morgan fingerprint density at radius 3 is 2.35 bits per heavy atom. The van der Waals surface area contributed by atoms with Gasteiger partial charge in [-0.2, -0.15) is 0 Å². The molecule has 31 heavy (non-hydrogen) atoms. The van der Waals surface area contributed by atoms with E-state index in [4.69, 9.17) is 4.99 Å². The first-order chi connectivity index (χ1) is 15.2. The van der Waals surface area contributed by atoms with Crippen molar-refractivity contribution in [3.05, 3.63) is 35.4 Å². The first kappa shape index (κ1) is 23.1. The number of aliphatic imine (C=N–C) groups is 1. The molecular weight excluding hydrogens is 390 g/mol. The van der Waals surface area contributed by atoms with Gasteiger partial charge in [-0.1, -0.05) is 30.7 Å². The molecule has 2 heterocycles. The van der Waals surface area contributed by atoms with Crippen LogP contribution in [0.1, 0.15) is 63.0 Å². The van der Waals surface area contributed by atoms with Gasteiger partial charge in [-0.15, -0.1) is 0 Å². The summed E-state index contributed by atoms with van der Waals surface area (Å²) in [5, 5.41) is 6.67. The zero-order valence-electron chi connectivity index (χ0n) is 18.9. The van der Waals surface area contributed by atoms with Gasteiger partial charge in [0.25, 0.3) is 0 Å². The van der Waals surface area contributed by atoms with Crippen molar-refractivity contribution in [1.82, 2.24) is 20.4 Å². The van der Waals surface area contributed by atoms with Crippen LogP contribution in [0.15, 0.2) is 29.3 Å². The third-order valence-corrected chi connectivity index (χ3v) is 5.90. The van der Waals surface area contributed by atoms with Crippen LogP contribution in [0.25, 0.3) is 0 Å². The Hall–Kier alpha value is -2.57. The van der Waals surface area contributed by atoms with Gasteiger partial charge in [0.05, 0.1) is 6.54 Å². The first-order valence-corrected chi connectivity index (χ1v) is 11.8. The quantitative estimate of drug-likeness (QED) is 0.361. The number of hydrogen-bond acceptors (Lipinski definition) is 3. The summed E-state index contributed by atoms with van der Waals surface area (Å²) >= 11 is 0. The van der Waals surface area contributed by atoms with Crippen molar-refractivity contribution in [2.24, 2.45) is 4.99 Å². The van der Waals surface area contributed by atoms with E-state index in [1.165, 1.54) is 0 Å². The standard InChI is InChI=1S/C24H37N5O2/c1-2-25-24(26-14-7-17-28-15-5-3-4-8-22(28)30)27-18-20-10-12-21(13-11-20)19-29-16-6-9-23(29)31/h10-13H,2-9,14-19H2,1H3,(H2,25,26,27). The van der Waals surface area contributed by atoms with Crippen molar-refractivity contribution < 1.29 is 9.59 Å². The molecular formula is C24H37N5O2. The van der Waals surface area contributed by atoms with E-state index < -0.39 is 0 Å². The fourth-order valence-corrected chi connectivity index (χ4v) is 4.11. The zero-order valence-corrected chi connectivity index (χ0v) is 18.9. The lowest BCUT2D eigenvalue weighted by molar-refractivity contribution is -0.130. The van der Waals surface area contributed by atoms with Gasteiger partial charge in [-0.05, 0) is 43.7 Å². The molecule has 0 aliphatic carbocycles. The number of carbonyl (C=O) groups is 2. The van der Waals surface area contributed by atoms with Gasteiger partial charge >= 0.3 is 0 Å². The summed E-state index contributed by atoms with van der Waals surface area (Å²) in [5.74, 6) is 1.36. The number of carbonyl (C=O) groups excluding carboxylic acids is 2. The second-order valence-electron chi connectivity index (χ2n) is 8.40. The Morgan fingerprint density at radius 2 is 1.61 bits per heavy atom. The van der Waals surface area contributed by atoms with Gasteiger partial charge in [0.2, 0.25) is 11.8 Å². The Kier molecular flexibility index (Phi) is 9.18. The summed E-state index contributed by atoms with van der Waals surface area (Å²) in [4.78, 5) is 32.5. The highest BCUT2D eigenvalue weighted by Gasteiger charge is 2.19. The molecule has 2 amide bonds. The third kappa shape index (κ3) is 7.56. The summed E-state index contributed by atoms with van der Waals surface area (Å²) in [5.41, 5.74) is 2.31. The van der Waals surface area contributed by atoms with Gasteiger partial charge in [-0.3, -0.25) is 9.59 Å². The Bertz CT molecular complexity index is 747. The molecule has 2 fully saturated rings. The van der Waals surface area contributed by atoms with Crippen molar-refractivity contribution in [3.63, 3.8) is 0 Å². The molecule has 0 saturated carbocycles. The number of likely N-dealkylation sites (tertiary alicyclic amines) is 2. The van der Waals surface area contributed by atoms with Crippen LogP contribution in [0, 0.1) is 0 Å². The molecule has 7 nitrogen and oxygen atoms in total. The summed E-state index contributed by atoms with van der Waals surface area (Å²) in [6.45, 7) is 7.53. The van der Waals surface area contributed by atoms with Crippen molar-refractivity contribution in [3.8, 4) is 0 Å². The molecule has 3 rings (SSSR count). The van der Waals surface area contributed by atoms with Crippen LogP contribution in [-0.4, -0.2) is 60.3 Å². The van der Waals surface area contributed by atoms with Crippen molar-refractivity contribution >= 4 is 17.8 Å². The predicted octanol–water partition coefficient (Wildman–Crippen LogP) is 2.66. The predicted molar refractivity (Wildman–Crippen MR) is 124 cm³/mol. The van der Waals surface area contributed by atoms with E-state index in [-0.39, 0.29) is 5.91 Å². The van der Waals surface area contributed by atoms with Gasteiger partial charge in [-0.25, -0.2) is 4.99 Å². The van der Waals surface area contributed by atoms with Crippen LogP contribution >= 0.6 is 0 Å². The average molecular weight is 428 g/mol. The molecule has 2 aliphatic rings. The molecule has 2 saturated heterocycles. The van der Waals surface area contributed by atoms with E-state index in [1.54, 1.807) is 0 Å². The van der Waals surface area contributed by atoms with Gasteiger partial charge in [0, 0.05) is 52.1 Å². The van der Waals surface area contributed by atoms with E-state index in [0.717, 1.165) is 81.9 Å². The van der Waals surface area contributed by atoms with E-state index >= 15 is 0 Å². The van der Waals surface area contributed by atoms with Crippen LogP contribution in [0.5, 0.6) is 0 Å². The van der Waals surface area contributed by atoms with E-state index in [9.17, 15) is 9.59 Å². The Labute approximate surface area is 186 Å². The number of nitrogens with one attached hydrogen (secondary N) is 2. The van der Waals surface area contributed by atoms with E-state index in [1.807, 2.05) is 9.80 Å². The minimum atomic E-state index is 0.259. The number of rotatable bonds is 9. The largest absolute Gasteiger partial charge is 0.357 e. The molecule has 0 aromatic heterocycles. The lowest BCUT2D eigenvalue weighted by atomic mass is 10.1. The SMILES string of the molecule is CCNC(=NCc1ccc(CN2CCCC2=O)cc1)NCCCN1CCCCCC1=O. The molecule has 0 radical (unpaired) electrons. The van der Waals surface area contributed by atoms with Crippen LogP contribution < -0.4 is 10.6 Å². The molecule has 0 atom stereocenters. The highest BCUT2D eigenvalue weighted by molar-refractivity contribution is 5.80. The molecule has 1 aromatic rings. The molecule has 0 unspecified atom stereocenters. The lowest BCUT2D eigenvalue weighted by Crippen LogP contribution is -2.39. The van der Waals surface area contributed by atoms with Gasteiger partial charge < -0.3 is 20.4 Å². The van der Waals surface area contributed by atoms with Gasteiger partial charge in [0.1, 0.15) is 0 Å². The monoisotopic (exact) mass is 427 g/mol. The summed E-state index contributed by atoms with van der Waals surface area (Å²) in [6, 6.07) is 8.37. The molecule has 2 N–H and O–H groups in total. The number of guanidine groups is 1. The number of amides is 2. The molecule has 1 aromatic carbocycles. The van der Waals surface area contributed by atoms with E-state index in [2.05, 4.69) is 41.8 Å². The van der Waals surface area contributed by atoms with Crippen LogP contribution in [-0.2, 0) is 22.7 Å². The molecule has 170 valence electrons. The number of hydrogen-bond donors (Lipinski definition) is 2. The Balaban J connectivity index is 1.43. The smallest absolute Gasteiger partial charge is 0.222 e. The lowest BCUT2D eigenvalue weighted by Gasteiger charge is -2.20. The van der Waals surface area contributed by atoms with Crippen LogP contribution in [0.3, 0.4) is 0 Å². The summed E-state index contributed by atoms with van der Waals surface area (Å²) in [7, 11) is 0. The fourth-order valence-electron chi connectivity index (χ4n) is 4.11. The fraction of sp³-hybridized carbons (Fsp3) is 0.625. The minimum absolute atomic E-state index is 0.259. The Morgan fingerprint density at radius 1 is 0.903 bits per heavy atom. The molecule has 0 bridgehead atoms. The second-order valence-corrected chi connectivity index (χ2v) is 8.40. The maximum atomic E-state index is 12.1. The zero-order chi connectivity index (χ0) is 21.9. The topological polar surface area (TPSA) is 77.0 Å². The van der Waals surface area contributed by atoms with E-state index in [0.29, 0.717) is 31.8 Å². The summed E-state index contributed by atoms with van der Waals surface area (Å²) < 4.78 is 0. The van der Waals surface area contributed by atoms with Crippen molar-refractivity contribution in [2.45, 2.75) is 65.0 Å². The maximum Gasteiger partial charge on any atom is 0.222 e. The van der Waals surface area contributed by atoms with Crippen molar-refractivity contribution in [2.75, 3.05) is 32.7 Å².